The van der Waals surface area contributed by atoms with Crippen LogP contribution in [0.2, 0.25) is 0 Å². The third-order valence-corrected chi connectivity index (χ3v) is 5.27. The van der Waals surface area contributed by atoms with E-state index in [0.717, 1.165) is 36.1 Å². The van der Waals surface area contributed by atoms with Crippen LogP contribution in [-0.4, -0.2) is 38.4 Å². The maximum Gasteiger partial charge on any atom is 0.115 e. The van der Waals surface area contributed by atoms with Crippen molar-refractivity contribution in [3.05, 3.63) is 16.4 Å². The van der Waals surface area contributed by atoms with Crippen molar-refractivity contribution in [3.8, 4) is 0 Å². The lowest BCUT2D eigenvalue weighted by Crippen LogP contribution is -2.52. The van der Waals surface area contributed by atoms with Crippen LogP contribution in [0.5, 0.6) is 0 Å². The van der Waals surface area contributed by atoms with Crippen LogP contribution in [0.15, 0.2) is 10.7 Å². The van der Waals surface area contributed by atoms with E-state index in [9.17, 15) is 5.11 Å². The molecule has 1 rings (SSSR count). The van der Waals surface area contributed by atoms with E-state index >= 15 is 0 Å². The molecule has 0 saturated heterocycles. The number of aliphatic hydroxyl groups excluding tert-OH is 1. The Bertz CT molecular complexity index is 437. The normalized spacial score (nSPS) is 14.2. The van der Waals surface area contributed by atoms with Crippen LogP contribution in [0, 0.1) is 0 Å². The second kappa shape index (κ2) is 7.75. The molecule has 0 radical (unpaired) electrons. The molecule has 1 atom stereocenters. The highest BCUT2D eigenvalue weighted by Gasteiger charge is 2.42. The minimum atomic E-state index is -0.563. The van der Waals surface area contributed by atoms with Gasteiger partial charge in [-0.05, 0) is 55.7 Å². The molecule has 0 aliphatic carbocycles. The summed E-state index contributed by atoms with van der Waals surface area (Å²) >= 11 is 3.57. The number of rotatable bonds is 8. The summed E-state index contributed by atoms with van der Waals surface area (Å²) in [6, 6.07) is 0.226. The van der Waals surface area contributed by atoms with Crippen molar-refractivity contribution < 1.29 is 5.11 Å². The highest BCUT2D eigenvalue weighted by atomic mass is 79.9. The fraction of sp³-hybridized carbons (Fsp3) is 0.812. The first kappa shape index (κ1) is 18.7. The molecular formula is C16H30BrN3O. The maximum atomic E-state index is 11.2. The van der Waals surface area contributed by atoms with Gasteiger partial charge in [-0.3, -0.25) is 9.58 Å². The van der Waals surface area contributed by atoms with E-state index in [1.165, 1.54) is 0 Å². The van der Waals surface area contributed by atoms with Gasteiger partial charge in [-0.1, -0.05) is 27.7 Å². The highest BCUT2D eigenvalue weighted by molar-refractivity contribution is 9.10. The van der Waals surface area contributed by atoms with Crippen LogP contribution < -0.4 is 0 Å². The molecule has 0 bridgehead atoms. The van der Waals surface area contributed by atoms with Gasteiger partial charge in [0.1, 0.15) is 6.10 Å². The Kier molecular flexibility index (Phi) is 6.88. The van der Waals surface area contributed by atoms with E-state index < -0.39 is 6.10 Å². The predicted octanol–water partition coefficient (Wildman–Crippen LogP) is 4.16. The third-order valence-electron chi connectivity index (χ3n) is 4.66. The van der Waals surface area contributed by atoms with Gasteiger partial charge in [0.25, 0.3) is 0 Å². The van der Waals surface area contributed by atoms with Crippen molar-refractivity contribution >= 4 is 15.9 Å². The number of hydrogen-bond donors (Lipinski definition) is 1. The van der Waals surface area contributed by atoms with Crippen LogP contribution in [0.1, 0.15) is 72.2 Å². The van der Waals surface area contributed by atoms with E-state index in [4.69, 9.17) is 0 Å². The quantitative estimate of drug-likeness (QED) is 0.757. The average Bonchev–Trinajstić information content (AvgIpc) is 2.86. The summed E-state index contributed by atoms with van der Waals surface area (Å²) in [5.41, 5.74) is 0.638. The summed E-state index contributed by atoms with van der Waals surface area (Å²) in [6.45, 7) is 14.7. The van der Waals surface area contributed by atoms with Gasteiger partial charge in [0.05, 0.1) is 21.9 Å². The number of aliphatic hydroxyl groups is 1. The smallest absolute Gasteiger partial charge is 0.115 e. The molecular weight excluding hydrogens is 330 g/mol. The van der Waals surface area contributed by atoms with E-state index in [2.05, 4.69) is 67.5 Å². The number of hydrogen-bond acceptors (Lipinski definition) is 3. The summed E-state index contributed by atoms with van der Waals surface area (Å²) in [5, 5.41) is 15.7. The van der Waals surface area contributed by atoms with Crippen molar-refractivity contribution in [3.63, 3.8) is 0 Å². The molecule has 1 heterocycles. The van der Waals surface area contributed by atoms with E-state index in [1.54, 1.807) is 6.20 Å². The molecule has 0 amide bonds. The van der Waals surface area contributed by atoms with Gasteiger partial charge in [0.15, 0.2) is 0 Å². The summed E-state index contributed by atoms with van der Waals surface area (Å²) in [4.78, 5) is 2.38. The topological polar surface area (TPSA) is 41.3 Å². The van der Waals surface area contributed by atoms with Crippen molar-refractivity contribution in [1.29, 1.82) is 0 Å². The minimum absolute atomic E-state index is 0.226. The Morgan fingerprint density at radius 3 is 2.14 bits per heavy atom. The summed E-state index contributed by atoms with van der Waals surface area (Å²) < 4.78 is 2.82. The predicted molar refractivity (Wildman–Crippen MR) is 91.5 cm³/mol. The van der Waals surface area contributed by atoms with Gasteiger partial charge in [-0.2, -0.15) is 5.10 Å². The molecule has 1 N–H and O–H groups in total. The van der Waals surface area contributed by atoms with Gasteiger partial charge < -0.3 is 5.11 Å². The largest absolute Gasteiger partial charge is 0.385 e. The van der Waals surface area contributed by atoms with Crippen molar-refractivity contribution in [2.45, 2.75) is 72.1 Å². The van der Waals surface area contributed by atoms with Crippen LogP contribution in [-0.2, 0) is 0 Å². The Morgan fingerprint density at radius 2 is 1.76 bits per heavy atom. The molecule has 0 saturated carbocycles. The fourth-order valence-corrected chi connectivity index (χ4v) is 3.87. The molecule has 1 aromatic heterocycles. The molecule has 4 nitrogen and oxygen atoms in total. The highest BCUT2D eigenvalue weighted by Crippen LogP contribution is 2.40. The molecule has 0 spiro atoms. The number of likely N-dealkylation sites (N-methyl/N-ethyl adjacent to an activating group) is 1. The Hall–Kier alpha value is -0.390. The van der Waals surface area contributed by atoms with Gasteiger partial charge in [0, 0.05) is 6.04 Å². The standard InChI is InChI=1S/C16H30BrN3O/c1-7-16(8-2,19(9-3)10-4)15(21)14-13(17)11-18-20(14)12(5)6/h11-12,15,21H,7-10H2,1-6H3. The molecule has 1 aromatic rings. The maximum absolute atomic E-state index is 11.2. The second-order valence-electron chi connectivity index (χ2n) is 5.80. The Morgan fingerprint density at radius 1 is 1.24 bits per heavy atom. The van der Waals surface area contributed by atoms with Crippen LogP contribution >= 0.6 is 15.9 Å². The molecule has 0 fully saturated rings. The number of nitrogens with zero attached hydrogens (tertiary/aromatic N) is 3. The molecule has 122 valence electrons. The first-order valence-electron chi connectivity index (χ1n) is 8.05. The van der Waals surface area contributed by atoms with Gasteiger partial charge in [-0.15, -0.1) is 0 Å². The van der Waals surface area contributed by atoms with Gasteiger partial charge in [-0.25, -0.2) is 0 Å². The fourth-order valence-electron chi connectivity index (χ4n) is 3.38. The van der Waals surface area contributed by atoms with Crippen molar-refractivity contribution in [2.24, 2.45) is 0 Å². The van der Waals surface area contributed by atoms with Crippen molar-refractivity contribution in [1.82, 2.24) is 14.7 Å². The van der Waals surface area contributed by atoms with Gasteiger partial charge in [0.2, 0.25) is 0 Å². The van der Waals surface area contributed by atoms with Crippen LogP contribution in [0.25, 0.3) is 0 Å². The average molecular weight is 360 g/mol. The Labute approximate surface area is 137 Å². The lowest BCUT2D eigenvalue weighted by molar-refractivity contribution is -0.0416. The number of halogens is 1. The van der Waals surface area contributed by atoms with Gasteiger partial charge >= 0.3 is 0 Å². The second-order valence-corrected chi connectivity index (χ2v) is 6.66. The molecule has 0 aromatic carbocycles. The monoisotopic (exact) mass is 359 g/mol. The number of aromatic nitrogens is 2. The Balaban J connectivity index is 3.36. The zero-order valence-electron chi connectivity index (χ0n) is 14.2. The first-order valence-corrected chi connectivity index (χ1v) is 8.84. The van der Waals surface area contributed by atoms with Crippen molar-refractivity contribution in [2.75, 3.05) is 13.1 Å². The summed E-state index contributed by atoms with van der Waals surface area (Å²) in [7, 11) is 0. The van der Waals surface area contributed by atoms with Crippen LogP contribution in [0.4, 0.5) is 0 Å². The zero-order chi connectivity index (χ0) is 16.2. The molecule has 21 heavy (non-hydrogen) atoms. The molecule has 0 aliphatic heterocycles. The third kappa shape index (κ3) is 3.35. The van der Waals surface area contributed by atoms with E-state index in [-0.39, 0.29) is 11.6 Å². The molecule has 5 heteroatoms. The summed E-state index contributed by atoms with van der Waals surface area (Å²) in [5.74, 6) is 0. The molecule has 0 aliphatic rings. The SMILES string of the molecule is CCN(CC)C(CC)(CC)C(O)c1c(Br)cnn1C(C)C. The van der Waals surface area contributed by atoms with E-state index in [0.29, 0.717) is 0 Å². The molecule has 1 unspecified atom stereocenters. The lowest BCUT2D eigenvalue weighted by Gasteiger charge is -2.46. The lowest BCUT2D eigenvalue weighted by atomic mass is 9.82. The zero-order valence-corrected chi connectivity index (χ0v) is 15.8. The van der Waals surface area contributed by atoms with E-state index in [1.807, 2.05) is 4.68 Å². The summed E-state index contributed by atoms with van der Waals surface area (Å²) in [6.07, 6.45) is 3.03. The first-order chi connectivity index (χ1) is 9.89. The van der Waals surface area contributed by atoms with Crippen LogP contribution in [0.3, 0.4) is 0 Å². The minimum Gasteiger partial charge on any atom is -0.385 e.